The molecule has 1 unspecified atom stereocenters. The van der Waals surface area contributed by atoms with Gasteiger partial charge in [0.2, 0.25) is 11.7 Å². The maximum absolute atomic E-state index is 14.2. The molecule has 26 heavy (non-hydrogen) atoms. The Morgan fingerprint density at radius 1 is 1.27 bits per heavy atom. The molecule has 8 heteroatoms. The molecule has 0 aliphatic carbocycles. The molecule has 0 bridgehead atoms. The Balaban J connectivity index is 2.06. The minimum atomic E-state index is -0.745. The Morgan fingerprint density at radius 3 is 2.54 bits per heavy atom. The number of hydrogen-bond acceptors (Lipinski definition) is 5. The van der Waals surface area contributed by atoms with E-state index in [1.807, 2.05) is 4.90 Å². The highest BCUT2D eigenvalue weighted by Gasteiger charge is 2.37. The summed E-state index contributed by atoms with van der Waals surface area (Å²) in [5.41, 5.74) is 5.43. The van der Waals surface area contributed by atoms with E-state index in [4.69, 9.17) is 11.1 Å². The van der Waals surface area contributed by atoms with E-state index in [0.29, 0.717) is 13.1 Å². The minimum absolute atomic E-state index is 0.00442. The Kier molecular flexibility index (Phi) is 6.49. The molecule has 148 valence electrons. The summed E-state index contributed by atoms with van der Waals surface area (Å²) >= 11 is 0. The van der Waals surface area contributed by atoms with E-state index in [-0.39, 0.29) is 35.2 Å². The van der Waals surface area contributed by atoms with Crippen LogP contribution in [0.1, 0.15) is 46.5 Å². The highest BCUT2D eigenvalue weighted by Crippen LogP contribution is 2.23. The van der Waals surface area contributed by atoms with Crippen molar-refractivity contribution < 1.29 is 9.18 Å². The van der Waals surface area contributed by atoms with Crippen molar-refractivity contribution in [2.75, 3.05) is 26.7 Å². The topological polar surface area (TPSA) is 97.5 Å². The van der Waals surface area contributed by atoms with Crippen LogP contribution in [0.3, 0.4) is 0 Å². The van der Waals surface area contributed by atoms with Crippen molar-refractivity contribution in [3.63, 3.8) is 0 Å². The molecule has 2 fully saturated rings. The first-order valence-corrected chi connectivity index (χ1v) is 9.39. The summed E-state index contributed by atoms with van der Waals surface area (Å²) in [5, 5.41) is 14.0. The first-order valence-electron chi connectivity index (χ1n) is 9.39. The van der Waals surface area contributed by atoms with Gasteiger partial charge in [-0.3, -0.25) is 10.2 Å². The van der Waals surface area contributed by atoms with E-state index in [9.17, 15) is 9.18 Å². The van der Waals surface area contributed by atoms with Crippen LogP contribution in [-0.4, -0.2) is 65.8 Å². The molecule has 2 aliphatic rings. The SMILES string of the molecule is CN/C(N)=C(/F)C(=N)N1CCC[C@@H](N2CCCC(NC(C)(C)C)C2=O)C1. The fraction of sp³-hybridized carbons (Fsp3) is 0.778. The average Bonchev–Trinajstić information content (AvgIpc) is 2.60. The quantitative estimate of drug-likeness (QED) is 0.440. The number of carbonyl (C=O) groups excluding carboxylic acids is 1. The van der Waals surface area contributed by atoms with Gasteiger partial charge < -0.3 is 26.2 Å². The van der Waals surface area contributed by atoms with Gasteiger partial charge in [-0.2, -0.15) is 4.39 Å². The van der Waals surface area contributed by atoms with Gasteiger partial charge >= 0.3 is 0 Å². The molecule has 0 aromatic heterocycles. The predicted molar refractivity (Wildman–Crippen MR) is 101 cm³/mol. The average molecular weight is 369 g/mol. The maximum atomic E-state index is 14.2. The van der Waals surface area contributed by atoms with Gasteiger partial charge in [0.15, 0.2) is 5.84 Å². The molecule has 2 heterocycles. The fourth-order valence-corrected chi connectivity index (χ4v) is 3.71. The Labute approximate surface area is 155 Å². The van der Waals surface area contributed by atoms with Crippen LogP contribution in [-0.2, 0) is 4.79 Å². The zero-order valence-electron chi connectivity index (χ0n) is 16.4. The molecule has 0 saturated carbocycles. The predicted octanol–water partition coefficient (Wildman–Crippen LogP) is 1.12. The maximum Gasteiger partial charge on any atom is 0.240 e. The molecule has 2 aliphatic heterocycles. The smallest absolute Gasteiger partial charge is 0.240 e. The van der Waals surface area contributed by atoms with Gasteiger partial charge in [0.25, 0.3) is 0 Å². The Bertz CT molecular complexity index is 571. The van der Waals surface area contributed by atoms with Gasteiger partial charge in [-0.25, -0.2) is 0 Å². The number of hydrogen-bond donors (Lipinski definition) is 4. The monoisotopic (exact) mass is 368 g/mol. The highest BCUT2D eigenvalue weighted by atomic mass is 19.1. The van der Waals surface area contributed by atoms with E-state index in [1.165, 1.54) is 7.05 Å². The van der Waals surface area contributed by atoms with Gasteiger partial charge in [-0.05, 0) is 46.5 Å². The summed E-state index contributed by atoms with van der Waals surface area (Å²) in [6.45, 7) is 7.98. The Hall–Kier alpha value is -1.83. The lowest BCUT2D eigenvalue weighted by molar-refractivity contribution is -0.140. The fourth-order valence-electron chi connectivity index (χ4n) is 3.71. The third kappa shape index (κ3) is 4.87. The van der Waals surface area contributed by atoms with Crippen molar-refractivity contribution >= 4 is 11.7 Å². The van der Waals surface area contributed by atoms with Crippen molar-refractivity contribution in [3.8, 4) is 0 Å². The van der Waals surface area contributed by atoms with Gasteiger partial charge in [0.05, 0.1) is 6.04 Å². The number of piperidine rings is 2. The van der Waals surface area contributed by atoms with Crippen molar-refractivity contribution in [1.82, 2.24) is 20.4 Å². The summed E-state index contributed by atoms with van der Waals surface area (Å²) in [4.78, 5) is 16.6. The lowest BCUT2D eigenvalue weighted by atomic mass is 9.96. The number of nitrogens with zero attached hydrogens (tertiary/aromatic N) is 2. The Morgan fingerprint density at radius 2 is 1.92 bits per heavy atom. The summed E-state index contributed by atoms with van der Waals surface area (Å²) < 4.78 is 14.2. The van der Waals surface area contributed by atoms with E-state index >= 15 is 0 Å². The second-order valence-corrected chi connectivity index (χ2v) is 8.19. The van der Waals surface area contributed by atoms with E-state index < -0.39 is 5.83 Å². The van der Waals surface area contributed by atoms with Crippen molar-refractivity contribution in [2.45, 2.75) is 64.1 Å². The van der Waals surface area contributed by atoms with Gasteiger partial charge in [0.1, 0.15) is 5.82 Å². The first-order chi connectivity index (χ1) is 12.1. The van der Waals surface area contributed by atoms with Crippen LogP contribution in [0.15, 0.2) is 11.6 Å². The molecule has 1 amide bonds. The number of carbonyl (C=O) groups is 1. The van der Waals surface area contributed by atoms with Crippen LogP contribution in [0, 0.1) is 5.41 Å². The number of amides is 1. The van der Waals surface area contributed by atoms with Crippen LogP contribution in [0.2, 0.25) is 0 Å². The van der Waals surface area contributed by atoms with Crippen LogP contribution >= 0.6 is 0 Å². The van der Waals surface area contributed by atoms with Crippen molar-refractivity contribution in [1.29, 1.82) is 5.41 Å². The summed E-state index contributed by atoms with van der Waals surface area (Å²) in [5.74, 6) is -0.975. The number of amidine groups is 1. The normalized spacial score (nSPS) is 25.8. The number of likely N-dealkylation sites (tertiary alicyclic amines) is 2. The zero-order valence-corrected chi connectivity index (χ0v) is 16.4. The van der Waals surface area contributed by atoms with Crippen molar-refractivity contribution in [3.05, 3.63) is 11.6 Å². The summed E-state index contributed by atoms with van der Waals surface area (Å²) in [6.07, 6.45) is 3.49. The summed E-state index contributed by atoms with van der Waals surface area (Å²) in [6, 6.07) is -0.167. The van der Waals surface area contributed by atoms with E-state index in [1.54, 1.807) is 4.90 Å². The summed E-state index contributed by atoms with van der Waals surface area (Å²) in [7, 11) is 1.52. The minimum Gasteiger partial charge on any atom is -0.383 e. The highest BCUT2D eigenvalue weighted by molar-refractivity contribution is 5.94. The molecule has 2 rings (SSSR count). The number of nitrogens with one attached hydrogen (secondary N) is 3. The van der Waals surface area contributed by atoms with Crippen molar-refractivity contribution in [2.24, 2.45) is 5.73 Å². The van der Waals surface area contributed by atoms with E-state index in [0.717, 1.165) is 32.2 Å². The van der Waals surface area contributed by atoms with Crippen LogP contribution in [0.4, 0.5) is 4.39 Å². The molecule has 5 N–H and O–H groups in total. The molecule has 0 spiro atoms. The molecule has 2 atom stereocenters. The van der Waals surface area contributed by atoms with Gasteiger partial charge in [-0.1, -0.05) is 0 Å². The van der Waals surface area contributed by atoms with Crippen LogP contribution in [0.25, 0.3) is 0 Å². The standard InChI is InChI=1S/C18H33FN6O/c1-18(2,3)23-13-8-6-10-25(17(13)26)12-7-5-9-24(11-12)16(21)14(19)15(20)22-4/h12-13,21-23H,5-11,20H2,1-4H3/b15-14+,21-16?/t12-,13?/m1/s1. The second-order valence-electron chi connectivity index (χ2n) is 8.19. The molecule has 0 aromatic rings. The molecule has 0 aromatic carbocycles. The second kappa shape index (κ2) is 8.24. The largest absolute Gasteiger partial charge is 0.383 e. The number of halogens is 1. The molecular formula is C18H33FN6O. The zero-order chi connectivity index (χ0) is 19.5. The van der Waals surface area contributed by atoms with Crippen LogP contribution in [0.5, 0.6) is 0 Å². The lowest BCUT2D eigenvalue weighted by Gasteiger charge is -2.44. The molecular weight excluding hydrogens is 335 g/mol. The van der Waals surface area contributed by atoms with Gasteiger partial charge in [-0.15, -0.1) is 0 Å². The third-order valence-electron chi connectivity index (χ3n) is 4.95. The lowest BCUT2D eigenvalue weighted by Crippen LogP contribution is -2.60. The third-order valence-corrected chi connectivity index (χ3v) is 4.95. The molecule has 0 radical (unpaired) electrons. The van der Waals surface area contributed by atoms with Crippen LogP contribution < -0.4 is 16.4 Å². The molecule has 2 saturated heterocycles. The number of nitrogens with two attached hydrogens (primary N) is 1. The van der Waals surface area contributed by atoms with E-state index in [2.05, 4.69) is 31.4 Å². The first kappa shape index (κ1) is 20.5. The van der Waals surface area contributed by atoms with Gasteiger partial charge in [0, 0.05) is 38.3 Å². The number of rotatable bonds is 4. The molecule has 7 nitrogen and oxygen atoms in total.